The molecule has 0 radical (unpaired) electrons. The highest BCUT2D eigenvalue weighted by molar-refractivity contribution is 6.02. The number of aryl methyl sites for hydroxylation is 1. The normalized spacial score (nSPS) is 26.7. The summed E-state index contributed by atoms with van der Waals surface area (Å²) in [4.78, 5) is 12.5. The Morgan fingerprint density at radius 1 is 1.38 bits per heavy atom. The lowest BCUT2D eigenvalue weighted by atomic mass is 9.99. The minimum Gasteiger partial charge on any atom is -0.378 e. The Kier molecular flexibility index (Phi) is 4.54. The molecular formula is C18H25N5O3. The Morgan fingerprint density at radius 2 is 2.15 bits per heavy atom. The van der Waals surface area contributed by atoms with Gasteiger partial charge in [-0.2, -0.15) is 10.2 Å². The lowest BCUT2D eigenvalue weighted by Crippen LogP contribution is -2.16. The fraction of sp³-hybridized carbons (Fsp3) is 0.611. The van der Waals surface area contributed by atoms with Gasteiger partial charge in [-0.1, -0.05) is 0 Å². The van der Waals surface area contributed by atoms with Crippen LogP contribution in [0, 0.1) is 11.8 Å². The van der Waals surface area contributed by atoms with Gasteiger partial charge < -0.3 is 14.8 Å². The number of nitrogens with one attached hydrogen (secondary N) is 2. The zero-order chi connectivity index (χ0) is 18.3. The second-order valence-electron chi connectivity index (χ2n) is 7.16. The molecule has 4 atom stereocenters. The second-order valence-corrected chi connectivity index (χ2v) is 7.16. The predicted molar refractivity (Wildman–Crippen MR) is 94.8 cm³/mol. The van der Waals surface area contributed by atoms with Crippen LogP contribution < -0.4 is 5.32 Å². The van der Waals surface area contributed by atoms with Crippen LogP contribution in [0.3, 0.4) is 0 Å². The molecule has 2 aliphatic carbocycles. The summed E-state index contributed by atoms with van der Waals surface area (Å²) in [5.41, 5.74) is 2.29. The van der Waals surface area contributed by atoms with Gasteiger partial charge in [-0.15, -0.1) is 0 Å². The number of hydrogen-bond donors (Lipinski definition) is 2. The average Bonchev–Trinajstić information content (AvgIpc) is 3.05. The lowest BCUT2D eigenvalue weighted by molar-refractivity contribution is 0.101. The number of H-pyrrole nitrogens is 1. The minimum atomic E-state index is -0.230. The number of hydrogen-bond acceptors (Lipinski definition) is 5. The number of anilines is 1. The van der Waals surface area contributed by atoms with Gasteiger partial charge in [0.05, 0.1) is 18.4 Å². The molecule has 8 heteroatoms. The van der Waals surface area contributed by atoms with Crippen LogP contribution in [0.15, 0.2) is 12.1 Å². The number of nitrogens with zero attached hydrogens (tertiary/aromatic N) is 3. The summed E-state index contributed by atoms with van der Waals surface area (Å²) < 4.78 is 12.3. The summed E-state index contributed by atoms with van der Waals surface area (Å²) in [6.45, 7) is 3.22. The van der Waals surface area contributed by atoms with E-state index in [9.17, 15) is 4.79 Å². The molecule has 0 bridgehead atoms. The number of ether oxygens (including phenoxy) is 2. The number of fused-ring (bicyclic) bond motifs is 1. The highest BCUT2D eigenvalue weighted by Crippen LogP contribution is 2.58. The summed E-state index contributed by atoms with van der Waals surface area (Å²) in [7, 11) is 3.34. The van der Waals surface area contributed by atoms with Gasteiger partial charge >= 0.3 is 0 Å². The van der Waals surface area contributed by atoms with Crippen LogP contribution in [0.4, 0.5) is 5.82 Å². The molecular weight excluding hydrogens is 334 g/mol. The number of aromatic nitrogens is 4. The van der Waals surface area contributed by atoms with E-state index in [0.717, 1.165) is 30.8 Å². The Balaban J connectivity index is 1.36. The van der Waals surface area contributed by atoms with Gasteiger partial charge in [0.2, 0.25) is 0 Å². The first kappa shape index (κ1) is 17.2. The van der Waals surface area contributed by atoms with Crippen LogP contribution in [0.5, 0.6) is 0 Å². The number of carbonyl (C=O) groups excluding carboxylic acids is 1. The van der Waals surface area contributed by atoms with E-state index < -0.39 is 0 Å². The van der Waals surface area contributed by atoms with E-state index in [1.54, 1.807) is 24.9 Å². The molecule has 2 N–H and O–H groups in total. The third-order valence-electron chi connectivity index (χ3n) is 5.46. The maximum atomic E-state index is 12.5. The quantitative estimate of drug-likeness (QED) is 0.789. The van der Waals surface area contributed by atoms with E-state index in [2.05, 4.69) is 27.5 Å². The Morgan fingerprint density at radius 3 is 2.85 bits per heavy atom. The van der Waals surface area contributed by atoms with Crippen molar-refractivity contribution in [3.05, 3.63) is 29.2 Å². The van der Waals surface area contributed by atoms with Crippen LogP contribution in [-0.2, 0) is 23.1 Å². The topological polar surface area (TPSA) is 94.1 Å². The predicted octanol–water partition coefficient (Wildman–Crippen LogP) is 2.07. The van der Waals surface area contributed by atoms with E-state index in [0.29, 0.717) is 42.0 Å². The SMILES string of the molecule is CCOC1C2CC(c3cc(NC(=O)c4cc(COC)nn4C)n[nH]3)C[C@@H]21. The Bertz CT molecular complexity index is 787. The maximum Gasteiger partial charge on any atom is 0.275 e. The molecule has 3 unspecified atom stereocenters. The zero-order valence-electron chi connectivity index (χ0n) is 15.4. The van der Waals surface area contributed by atoms with Crippen molar-refractivity contribution >= 4 is 11.7 Å². The van der Waals surface area contributed by atoms with Gasteiger partial charge in [0.15, 0.2) is 5.82 Å². The van der Waals surface area contributed by atoms with Gasteiger partial charge in [0.1, 0.15) is 5.69 Å². The monoisotopic (exact) mass is 359 g/mol. The van der Waals surface area contributed by atoms with Gasteiger partial charge in [-0.3, -0.25) is 14.6 Å². The van der Waals surface area contributed by atoms with Crippen molar-refractivity contribution in [2.24, 2.45) is 18.9 Å². The van der Waals surface area contributed by atoms with E-state index in [4.69, 9.17) is 9.47 Å². The van der Waals surface area contributed by atoms with Crippen molar-refractivity contribution in [3.63, 3.8) is 0 Å². The number of aromatic amines is 1. The first-order valence-corrected chi connectivity index (χ1v) is 9.10. The molecule has 2 saturated carbocycles. The fourth-order valence-electron chi connectivity index (χ4n) is 4.22. The molecule has 8 nitrogen and oxygen atoms in total. The zero-order valence-corrected chi connectivity index (χ0v) is 15.4. The van der Waals surface area contributed by atoms with E-state index in [1.807, 2.05) is 6.07 Å². The first-order valence-electron chi connectivity index (χ1n) is 9.10. The molecule has 2 heterocycles. The molecule has 4 rings (SSSR count). The molecule has 2 aromatic rings. The van der Waals surface area contributed by atoms with Gasteiger partial charge in [-0.05, 0) is 37.7 Å². The molecule has 0 aliphatic heterocycles. The van der Waals surface area contributed by atoms with Gasteiger partial charge in [-0.25, -0.2) is 0 Å². The lowest BCUT2D eigenvalue weighted by Gasteiger charge is -2.12. The number of methoxy groups -OCH3 is 1. The molecule has 0 spiro atoms. The van der Waals surface area contributed by atoms with Gasteiger partial charge in [0, 0.05) is 38.4 Å². The number of amides is 1. The molecule has 0 saturated heterocycles. The van der Waals surface area contributed by atoms with Crippen LogP contribution in [0.25, 0.3) is 0 Å². The van der Waals surface area contributed by atoms with Gasteiger partial charge in [0.25, 0.3) is 5.91 Å². The molecule has 1 amide bonds. The largest absolute Gasteiger partial charge is 0.378 e. The van der Waals surface area contributed by atoms with Crippen molar-refractivity contribution in [1.29, 1.82) is 0 Å². The Labute approximate surface area is 152 Å². The highest BCUT2D eigenvalue weighted by Gasteiger charge is 2.57. The summed E-state index contributed by atoms with van der Waals surface area (Å²) in [5.74, 6) is 2.17. The first-order chi connectivity index (χ1) is 12.6. The van der Waals surface area contributed by atoms with Crippen LogP contribution in [0.2, 0.25) is 0 Å². The van der Waals surface area contributed by atoms with E-state index in [1.165, 1.54) is 0 Å². The summed E-state index contributed by atoms with van der Waals surface area (Å²) in [6, 6.07) is 3.67. The maximum absolute atomic E-state index is 12.5. The molecule has 140 valence electrons. The molecule has 0 aromatic carbocycles. The number of rotatable bonds is 7. The summed E-state index contributed by atoms with van der Waals surface area (Å²) in [6.07, 6.45) is 2.73. The third kappa shape index (κ3) is 3.14. The highest BCUT2D eigenvalue weighted by atomic mass is 16.5. The molecule has 2 aromatic heterocycles. The van der Waals surface area contributed by atoms with Crippen molar-refractivity contribution < 1.29 is 14.3 Å². The smallest absolute Gasteiger partial charge is 0.275 e. The number of carbonyl (C=O) groups is 1. The van der Waals surface area contributed by atoms with Crippen molar-refractivity contribution in [3.8, 4) is 0 Å². The average molecular weight is 359 g/mol. The second kappa shape index (κ2) is 6.85. The van der Waals surface area contributed by atoms with Crippen LogP contribution in [-0.4, -0.2) is 45.7 Å². The molecule has 2 fully saturated rings. The van der Waals surface area contributed by atoms with Crippen molar-refractivity contribution in [2.75, 3.05) is 19.0 Å². The standard InChI is InChI=1S/C18H25N5O3/c1-4-26-17-12-5-10(6-13(12)17)14-8-16(21-20-14)19-18(24)15-7-11(9-25-3)22-23(15)2/h7-8,10,12-13,17H,4-6,9H2,1-3H3,(H2,19,20,21,24)/t10?,12-,13?,17?/m0/s1. The Hall–Kier alpha value is -2.19. The van der Waals surface area contributed by atoms with Crippen LogP contribution >= 0.6 is 0 Å². The van der Waals surface area contributed by atoms with E-state index in [-0.39, 0.29) is 5.91 Å². The molecule has 2 aliphatic rings. The van der Waals surface area contributed by atoms with Crippen molar-refractivity contribution in [1.82, 2.24) is 20.0 Å². The van der Waals surface area contributed by atoms with Crippen LogP contribution in [0.1, 0.15) is 47.6 Å². The summed E-state index contributed by atoms with van der Waals surface area (Å²) in [5, 5.41) is 14.4. The molecule has 26 heavy (non-hydrogen) atoms. The third-order valence-corrected chi connectivity index (χ3v) is 5.46. The summed E-state index contributed by atoms with van der Waals surface area (Å²) >= 11 is 0. The van der Waals surface area contributed by atoms with E-state index >= 15 is 0 Å². The minimum absolute atomic E-state index is 0.230. The van der Waals surface area contributed by atoms with Crippen molar-refractivity contribution in [2.45, 2.75) is 38.4 Å². The fourth-order valence-corrected chi connectivity index (χ4v) is 4.22.